The number of carbonyl (C=O) groups is 1. The summed E-state index contributed by atoms with van der Waals surface area (Å²) in [5, 5.41) is -0.561. The first-order chi connectivity index (χ1) is 6.29. The molecular formula is C9H12ClNOS. The molecule has 0 aliphatic carbocycles. The summed E-state index contributed by atoms with van der Waals surface area (Å²) in [5.74, 6) is 7.50. The Morgan fingerprint density at radius 2 is 2.15 bits per heavy atom. The zero-order valence-corrected chi connectivity index (χ0v) is 8.96. The highest BCUT2D eigenvalue weighted by molar-refractivity contribution is 7.99. The van der Waals surface area contributed by atoms with E-state index in [-0.39, 0.29) is 0 Å². The van der Waals surface area contributed by atoms with Crippen molar-refractivity contribution in [2.24, 2.45) is 0 Å². The van der Waals surface area contributed by atoms with E-state index in [0.29, 0.717) is 0 Å². The molecule has 1 fully saturated rings. The smallest absolute Gasteiger partial charge is 0.296 e. The van der Waals surface area contributed by atoms with Gasteiger partial charge in [0.2, 0.25) is 0 Å². The van der Waals surface area contributed by atoms with Crippen molar-refractivity contribution in [1.29, 1.82) is 0 Å². The average Bonchev–Trinajstić information content (AvgIpc) is 2.14. The number of carbonyl (C=O) groups excluding carboxylic acids is 1. The van der Waals surface area contributed by atoms with Gasteiger partial charge < -0.3 is 4.90 Å². The van der Waals surface area contributed by atoms with Crippen LogP contribution < -0.4 is 0 Å². The fourth-order valence-electron chi connectivity index (χ4n) is 1.17. The van der Waals surface area contributed by atoms with Crippen LogP contribution in [0, 0.1) is 11.8 Å². The summed E-state index contributed by atoms with van der Waals surface area (Å²) in [7, 11) is 0. The highest BCUT2D eigenvalue weighted by Gasteiger charge is 2.08. The standard InChI is InChI=1S/C9H12ClNOS/c10-9(12)3-1-2-4-11-5-7-13-8-6-11/h2,4-8H2. The third-order valence-corrected chi connectivity index (χ3v) is 2.88. The first-order valence-corrected chi connectivity index (χ1v) is 5.81. The number of thioether (sulfide) groups is 1. The van der Waals surface area contributed by atoms with Gasteiger partial charge in [-0.25, -0.2) is 0 Å². The van der Waals surface area contributed by atoms with Crippen LogP contribution in [0.4, 0.5) is 0 Å². The van der Waals surface area contributed by atoms with Crippen LogP contribution in [0.25, 0.3) is 0 Å². The number of nitrogens with zero attached hydrogens (tertiary/aromatic N) is 1. The minimum atomic E-state index is -0.561. The predicted molar refractivity (Wildman–Crippen MR) is 57.0 cm³/mol. The molecule has 0 radical (unpaired) electrons. The summed E-state index contributed by atoms with van der Waals surface area (Å²) in [4.78, 5) is 12.6. The van der Waals surface area contributed by atoms with Gasteiger partial charge >= 0.3 is 0 Å². The number of rotatable bonds is 2. The van der Waals surface area contributed by atoms with E-state index in [0.717, 1.165) is 26.1 Å². The average molecular weight is 218 g/mol. The van der Waals surface area contributed by atoms with Crippen molar-refractivity contribution < 1.29 is 4.79 Å². The summed E-state index contributed by atoms with van der Waals surface area (Å²) < 4.78 is 0. The quantitative estimate of drug-likeness (QED) is 0.512. The van der Waals surface area contributed by atoms with Gasteiger partial charge in [0.05, 0.1) is 0 Å². The molecule has 0 bridgehead atoms. The van der Waals surface area contributed by atoms with Gasteiger partial charge in [0.1, 0.15) is 0 Å². The molecule has 0 aromatic rings. The van der Waals surface area contributed by atoms with Crippen molar-refractivity contribution in [2.75, 3.05) is 31.1 Å². The molecule has 0 aromatic heterocycles. The van der Waals surface area contributed by atoms with E-state index in [1.54, 1.807) is 0 Å². The fraction of sp³-hybridized carbons (Fsp3) is 0.667. The van der Waals surface area contributed by atoms with Crippen LogP contribution in [0.5, 0.6) is 0 Å². The van der Waals surface area contributed by atoms with Gasteiger partial charge in [0, 0.05) is 37.6 Å². The first-order valence-electron chi connectivity index (χ1n) is 4.27. The summed E-state index contributed by atoms with van der Waals surface area (Å²) in [5.41, 5.74) is 0. The van der Waals surface area contributed by atoms with Crippen LogP contribution in [-0.2, 0) is 4.79 Å². The lowest BCUT2D eigenvalue weighted by atomic mass is 10.3. The zero-order valence-electron chi connectivity index (χ0n) is 7.38. The molecule has 0 N–H and O–H groups in total. The van der Waals surface area contributed by atoms with Gasteiger partial charge in [-0.05, 0) is 17.5 Å². The third kappa shape index (κ3) is 5.20. The Hall–Kier alpha value is -0.170. The summed E-state index contributed by atoms with van der Waals surface area (Å²) >= 11 is 7.06. The van der Waals surface area contributed by atoms with E-state index in [1.807, 2.05) is 11.8 Å². The molecule has 4 heteroatoms. The van der Waals surface area contributed by atoms with Crippen LogP contribution >= 0.6 is 23.4 Å². The van der Waals surface area contributed by atoms with Crippen LogP contribution in [0.3, 0.4) is 0 Å². The molecule has 13 heavy (non-hydrogen) atoms. The van der Waals surface area contributed by atoms with E-state index in [9.17, 15) is 4.79 Å². The second kappa shape index (κ2) is 6.31. The molecule has 0 unspecified atom stereocenters. The van der Waals surface area contributed by atoms with Crippen molar-refractivity contribution in [3.05, 3.63) is 0 Å². The topological polar surface area (TPSA) is 20.3 Å². The Labute approximate surface area is 88.0 Å². The molecule has 1 rings (SSSR count). The molecule has 0 saturated carbocycles. The van der Waals surface area contributed by atoms with Gasteiger partial charge in [-0.1, -0.05) is 5.92 Å². The van der Waals surface area contributed by atoms with Crippen molar-refractivity contribution in [3.8, 4) is 11.8 Å². The molecule has 1 saturated heterocycles. The summed E-state index contributed by atoms with van der Waals surface area (Å²) in [6.07, 6.45) is 0.739. The van der Waals surface area contributed by atoms with Crippen LogP contribution in [-0.4, -0.2) is 41.3 Å². The van der Waals surface area contributed by atoms with E-state index < -0.39 is 5.24 Å². The minimum absolute atomic E-state index is 0.561. The predicted octanol–water partition coefficient (Wildman–Crippen LogP) is 1.19. The highest BCUT2D eigenvalue weighted by Crippen LogP contribution is 2.08. The molecule has 0 atom stereocenters. The largest absolute Gasteiger partial charge is 0.301 e. The van der Waals surface area contributed by atoms with E-state index in [4.69, 9.17) is 11.6 Å². The Kier molecular flexibility index (Phi) is 5.29. The van der Waals surface area contributed by atoms with Crippen LogP contribution in [0.2, 0.25) is 0 Å². The summed E-state index contributed by atoms with van der Waals surface area (Å²) in [6, 6.07) is 0. The van der Waals surface area contributed by atoms with Gasteiger partial charge in [0.15, 0.2) is 0 Å². The molecule has 72 valence electrons. The van der Waals surface area contributed by atoms with Gasteiger partial charge in [-0.3, -0.25) is 4.79 Å². The van der Waals surface area contributed by atoms with Crippen molar-refractivity contribution in [3.63, 3.8) is 0 Å². The maximum absolute atomic E-state index is 10.3. The lowest BCUT2D eigenvalue weighted by molar-refractivity contribution is -0.107. The summed E-state index contributed by atoms with van der Waals surface area (Å²) in [6.45, 7) is 3.24. The molecular weight excluding hydrogens is 206 g/mol. The van der Waals surface area contributed by atoms with Gasteiger partial charge in [-0.2, -0.15) is 11.8 Å². The van der Waals surface area contributed by atoms with Crippen LogP contribution in [0.15, 0.2) is 0 Å². The Balaban J connectivity index is 2.12. The molecule has 1 aliphatic heterocycles. The lowest BCUT2D eigenvalue weighted by Gasteiger charge is -2.24. The number of hydrogen-bond acceptors (Lipinski definition) is 3. The maximum Gasteiger partial charge on any atom is 0.296 e. The third-order valence-electron chi connectivity index (χ3n) is 1.84. The second-order valence-electron chi connectivity index (χ2n) is 2.78. The molecule has 2 nitrogen and oxygen atoms in total. The second-order valence-corrected chi connectivity index (χ2v) is 4.35. The normalized spacial score (nSPS) is 17.6. The highest BCUT2D eigenvalue weighted by atomic mass is 35.5. The zero-order chi connectivity index (χ0) is 9.52. The number of hydrogen-bond donors (Lipinski definition) is 0. The molecule has 0 amide bonds. The minimum Gasteiger partial charge on any atom is -0.301 e. The fourth-order valence-corrected chi connectivity index (χ4v) is 2.22. The Morgan fingerprint density at radius 1 is 1.46 bits per heavy atom. The van der Waals surface area contributed by atoms with E-state index >= 15 is 0 Å². The lowest BCUT2D eigenvalue weighted by Crippen LogP contribution is -2.33. The van der Waals surface area contributed by atoms with Crippen LogP contribution in [0.1, 0.15) is 6.42 Å². The van der Waals surface area contributed by atoms with Crippen molar-refractivity contribution in [2.45, 2.75) is 6.42 Å². The Morgan fingerprint density at radius 3 is 2.77 bits per heavy atom. The molecule has 1 heterocycles. The number of halogens is 1. The monoisotopic (exact) mass is 217 g/mol. The first kappa shape index (κ1) is 10.9. The van der Waals surface area contributed by atoms with Crippen molar-refractivity contribution >= 4 is 28.6 Å². The SMILES string of the molecule is O=C(Cl)C#CCCN1CCSCC1. The Bertz CT molecular complexity index is 228. The molecule has 0 spiro atoms. The van der Waals surface area contributed by atoms with E-state index in [1.165, 1.54) is 11.5 Å². The molecule has 1 aliphatic rings. The van der Waals surface area contributed by atoms with E-state index in [2.05, 4.69) is 16.7 Å². The van der Waals surface area contributed by atoms with Gasteiger partial charge in [0.25, 0.3) is 5.24 Å². The maximum atomic E-state index is 10.3. The van der Waals surface area contributed by atoms with Crippen molar-refractivity contribution in [1.82, 2.24) is 4.90 Å². The molecule has 0 aromatic carbocycles. The van der Waals surface area contributed by atoms with Gasteiger partial charge in [-0.15, -0.1) is 0 Å².